The number of hydrogen-bond acceptors (Lipinski definition) is 3. The van der Waals surface area contributed by atoms with E-state index in [4.69, 9.17) is 0 Å². The maximum absolute atomic E-state index is 12.7. The molecule has 0 aliphatic carbocycles. The average Bonchev–Trinajstić information content (AvgIpc) is 2.96. The van der Waals surface area contributed by atoms with Crippen LogP contribution < -0.4 is 0 Å². The predicted octanol–water partition coefficient (Wildman–Crippen LogP) is 3.18. The van der Waals surface area contributed by atoms with Crippen LogP contribution in [0.15, 0.2) is 54.9 Å². The lowest BCUT2D eigenvalue weighted by molar-refractivity contribution is 0.0590. The van der Waals surface area contributed by atoms with Gasteiger partial charge in [0, 0.05) is 43.4 Å². The highest BCUT2D eigenvalue weighted by Gasteiger charge is 2.35. The van der Waals surface area contributed by atoms with Gasteiger partial charge < -0.3 is 9.47 Å². The van der Waals surface area contributed by atoms with E-state index in [0.717, 1.165) is 23.8 Å². The molecule has 5 heteroatoms. The van der Waals surface area contributed by atoms with Gasteiger partial charge in [0.2, 0.25) is 0 Å². The zero-order chi connectivity index (χ0) is 18.1. The van der Waals surface area contributed by atoms with Crippen molar-refractivity contribution < 1.29 is 4.79 Å². The van der Waals surface area contributed by atoms with Gasteiger partial charge in [-0.2, -0.15) is 0 Å². The van der Waals surface area contributed by atoms with Crippen LogP contribution in [0.4, 0.5) is 0 Å². The number of pyridine rings is 1. The molecule has 3 heterocycles. The zero-order valence-corrected chi connectivity index (χ0v) is 15.1. The highest BCUT2D eigenvalue weighted by Crippen LogP contribution is 2.29. The van der Waals surface area contributed by atoms with Crippen LogP contribution >= 0.6 is 0 Å². The molecule has 1 aliphatic rings. The van der Waals surface area contributed by atoms with Crippen LogP contribution in [0.1, 0.15) is 39.1 Å². The molecule has 0 saturated carbocycles. The van der Waals surface area contributed by atoms with E-state index < -0.39 is 0 Å². The lowest BCUT2D eigenvalue weighted by Gasteiger charge is -2.39. The Morgan fingerprint density at radius 2 is 1.85 bits per heavy atom. The average molecular weight is 346 g/mol. The van der Waals surface area contributed by atoms with Gasteiger partial charge in [-0.1, -0.05) is 30.3 Å². The highest BCUT2D eigenvalue weighted by atomic mass is 16.2. The summed E-state index contributed by atoms with van der Waals surface area (Å²) in [5.41, 5.74) is 3.88. The summed E-state index contributed by atoms with van der Waals surface area (Å²) < 4.78 is 2.26. The molecule has 0 bridgehead atoms. The Hall–Kier alpha value is -2.95. The van der Waals surface area contributed by atoms with Crippen LogP contribution in [-0.4, -0.2) is 38.4 Å². The van der Waals surface area contributed by atoms with Gasteiger partial charge in [0.15, 0.2) is 0 Å². The second-order valence-corrected chi connectivity index (χ2v) is 6.87. The smallest absolute Gasteiger partial charge is 0.255 e. The second-order valence-electron chi connectivity index (χ2n) is 6.87. The number of carbonyl (C=O) groups excluding carboxylic acids is 1. The Morgan fingerprint density at radius 1 is 1.08 bits per heavy atom. The van der Waals surface area contributed by atoms with Gasteiger partial charge in [-0.05, 0) is 31.5 Å². The first-order valence-corrected chi connectivity index (χ1v) is 8.90. The van der Waals surface area contributed by atoms with Crippen molar-refractivity contribution in [1.82, 2.24) is 19.4 Å². The number of likely N-dealkylation sites (tertiary alicyclic amines) is 1. The lowest BCUT2D eigenvalue weighted by atomic mass is 9.97. The molecule has 1 saturated heterocycles. The summed E-state index contributed by atoms with van der Waals surface area (Å²) in [4.78, 5) is 23.4. The number of amides is 1. The summed E-state index contributed by atoms with van der Waals surface area (Å²) in [6.45, 7) is 6.19. The molecule has 3 aromatic rings. The van der Waals surface area contributed by atoms with Gasteiger partial charge in [-0.15, -0.1) is 0 Å². The highest BCUT2D eigenvalue weighted by molar-refractivity contribution is 5.95. The number of aryl methyl sites for hydroxylation is 2. The lowest BCUT2D eigenvalue weighted by Crippen LogP contribution is -2.49. The minimum atomic E-state index is 0.0599. The topological polar surface area (TPSA) is 51.0 Å². The molecule has 0 radical (unpaired) electrons. The van der Waals surface area contributed by atoms with E-state index in [1.165, 1.54) is 5.56 Å². The third-order valence-electron chi connectivity index (χ3n) is 5.04. The largest absolute Gasteiger partial charge is 0.337 e. The maximum atomic E-state index is 12.7. The van der Waals surface area contributed by atoms with E-state index >= 15 is 0 Å². The summed E-state index contributed by atoms with van der Waals surface area (Å²) >= 11 is 0. The molecule has 2 aromatic heterocycles. The molecule has 4 rings (SSSR count). The number of carbonyl (C=O) groups is 1. The third kappa shape index (κ3) is 3.01. The minimum Gasteiger partial charge on any atom is -0.337 e. The summed E-state index contributed by atoms with van der Waals surface area (Å²) in [5.74, 6) is 1.41. The normalized spacial score (nSPS) is 14.3. The third-order valence-corrected chi connectivity index (χ3v) is 5.04. The SMILES string of the molecule is Cc1ncccc1C(=O)N1CC(c2ncc(C)n2Cc2ccccc2)C1. The first kappa shape index (κ1) is 16.5. The van der Waals surface area contributed by atoms with Gasteiger partial charge in [0.25, 0.3) is 5.91 Å². The molecule has 26 heavy (non-hydrogen) atoms. The quantitative estimate of drug-likeness (QED) is 0.729. The Kier molecular flexibility index (Phi) is 4.29. The van der Waals surface area contributed by atoms with Crippen molar-refractivity contribution in [2.45, 2.75) is 26.3 Å². The van der Waals surface area contributed by atoms with E-state index in [9.17, 15) is 4.79 Å². The predicted molar refractivity (Wildman–Crippen MR) is 100 cm³/mol. The van der Waals surface area contributed by atoms with Gasteiger partial charge in [-0.3, -0.25) is 9.78 Å². The van der Waals surface area contributed by atoms with Crippen LogP contribution in [0.3, 0.4) is 0 Å². The van der Waals surface area contributed by atoms with Gasteiger partial charge in [0.1, 0.15) is 5.82 Å². The Labute approximate surface area is 153 Å². The molecule has 1 fully saturated rings. The van der Waals surface area contributed by atoms with Crippen molar-refractivity contribution in [2.75, 3.05) is 13.1 Å². The fourth-order valence-electron chi connectivity index (χ4n) is 3.47. The molecule has 0 N–H and O–H groups in total. The van der Waals surface area contributed by atoms with Crippen molar-refractivity contribution >= 4 is 5.91 Å². The number of imidazole rings is 1. The van der Waals surface area contributed by atoms with E-state index in [1.54, 1.807) is 6.20 Å². The van der Waals surface area contributed by atoms with Crippen LogP contribution in [0.2, 0.25) is 0 Å². The molecule has 1 aliphatic heterocycles. The first-order valence-electron chi connectivity index (χ1n) is 8.90. The van der Waals surface area contributed by atoms with Crippen molar-refractivity contribution in [3.8, 4) is 0 Å². The summed E-state index contributed by atoms with van der Waals surface area (Å²) in [7, 11) is 0. The summed E-state index contributed by atoms with van der Waals surface area (Å²) in [6, 6.07) is 14.1. The second kappa shape index (κ2) is 6.75. The molecule has 5 nitrogen and oxygen atoms in total. The Morgan fingerprint density at radius 3 is 2.58 bits per heavy atom. The minimum absolute atomic E-state index is 0.0599. The molecule has 0 unspecified atom stereocenters. The standard InChI is InChI=1S/C21H22N4O/c1-15-11-23-20(25(15)12-17-7-4-3-5-8-17)18-13-24(14-18)21(26)19-9-6-10-22-16(19)2/h3-11,18H,12-14H2,1-2H3. The van der Waals surface area contributed by atoms with E-state index in [0.29, 0.717) is 18.7 Å². The molecule has 0 atom stereocenters. The fourth-order valence-corrected chi connectivity index (χ4v) is 3.47. The van der Waals surface area contributed by atoms with Crippen molar-refractivity contribution in [3.63, 3.8) is 0 Å². The van der Waals surface area contributed by atoms with Crippen LogP contribution in [0.5, 0.6) is 0 Å². The molecular formula is C21H22N4O. The molecule has 132 valence electrons. The molecule has 0 spiro atoms. The molecule has 1 aromatic carbocycles. The van der Waals surface area contributed by atoms with Gasteiger partial charge in [-0.25, -0.2) is 4.98 Å². The van der Waals surface area contributed by atoms with E-state index in [1.807, 2.05) is 36.2 Å². The zero-order valence-electron chi connectivity index (χ0n) is 15.1. The van der Waals surface area contributed by atoms with Crippen LogP contribution in [0.25, 0.3) is 0 Å². The summed E-state index contributed by atoms with van der Waals surface area (Å²) in [6.07, 6.45) is 3.64. The number of benzene rings is 1. The number of hydrogen-bond donors (Lipinski definition) is 0. The molecular weight excluding hydrogens is 324 g/mol. The monoisotopic (exact) mass is 346 g/mol. The maximum Gasteiger partial charge on any atom is 0.255 e. The first-order chi connectivity index (χ1) is 12.6. The van der Waals surface area contributed by atoms with Crippen LogP contribution in [0, 0.1) is 13.8 Å². The number of nitrogens with zero attached hydrogens (tertiary/aromatic N) is 4. The Bertz CT molecular complexity index is 926. The van der Waals surface area contributed by atoms with Crippen molar-refractivity contribution in [3.05, 3.63) is 83.2 Å². The molecule has 1 amide bonds. The number of rotatable bonds is 4. The van der Waals surface area contributed by atoms with Crippen molar-refractivity contribution in [2.24, 2.45) is 0 Å². The van der Waals surface area contributed by atoms with E-state index in [2.05, 4.69) is 45.7 Å². The van der Waals surface area contributed by atoms with E-state index in [-0.39, 0.29) is 11.8 Å². The van der Waals surface area contributed by atoms with Crippen LogP contribution in [-0.2, 0) is 6.54 Å². The summed E-state index contributed by atoms with van der Waals surface area (Å²) in [5, 5.41) is 0. The van der Waals surface area contributed by atoms with Gasteiger partial charge >= 0.3 is 0 Å². The van der Waals surface area contributed by atoms with Gasteiger partial charge in [0.05, 0.1) is 11.5 Å². The van der Waals surface area contributed by atoms with Crippen molar-refractivity contribution in [1.29, 1.82) is 0 Å². The fraction of sp³-hybridized carbons (Fsp3) is 0.286. The number of aromatic nitrogens is 3. The Balaban J connectivity index is 1.48.